The summed E-state index contributed by atoms with van der Waals surface area (Å²) in [6.07, 6.45) is 2.67. The van der Waals surface area contributed by atoms with E-state index in [0.717, 1.165) is 12.1 Å². The Morgan fingerprint density at radius 3 is 2.90 bits per heavy atom. The molecule has 2 N–H and O–H groups in total. The van der Waals surface area contributed by atoms with Gasteiger partial charge in [-0.1, -0.05) is 12.1 Å². The fourth-order valence-electron chi connectivity index (χ4n) is 2.28. The molecule has 1 aliphatic carbocycles. The number of fused-ring (bicyclic) bond motifs is 1. The van der Waals surface area contributed by atoms with Crippen molar-refractivity contribution in [1.29, 1.82) is 0 Å². The van der Waals surface area contributed by atoms with Crippen LogP contribution in [0.3, 0.4) is 0 Å². The van der Waals surface area contributed by atoms with E-state index in [0.29, 0.717) is 22.6 Å². The largest absolute Gasteiger partial charge is 0.356 e. The highest BCUT2D eigenvalue weighted by Gasteiger charge is 2.21. The second-order valence-corrected chi connectivity index (χ2v) is 5.82. The molecule has 1 saturated carbocycles. The summed E-state index contributed by atoms with van der Waals surface area (Å²) in [5.74, 6) is 0.622. The molecule has 0 radical (unpaired) electrons. The number of carbonyl (C=O) groups is 1. The molecule has 110 valence electrons. The molecular weight excluding hydrogens is 286 g/mol. The van der Waals surface area contributed by atoms with E-state index in [2.05, 4.69) is 10.3 Å². The van der Waals surface area contributed by atoms with Crippen LogP contribution in [-0.2, 0) is 11.3 Å². The summed E-state index contributed by atoms with van der Waals surface area (Å²) in [6.45, 7) is 1.05. The van der Waals surface area contributed by atoms with Crippen LogP contribution in [0.1, 0.15) is 19.3 Å². The smallest absolute Gasteiger partial charge is 0.262 e. The molecule has 1 fully saturated rings. The minimum Gasteiger partial charge on any atom is -0.356 e. The average Bonchev–Trinajstić information content (AvgIpc) is 3.29. The van der Waals surface area contributed by atoms with Gasteiger partial charge in [0.15, 0.2) is 4.77 Å². The highest BCUT2D eigenvalue weighted by atomic mass is 32.1. The van der Waals surface area contributed by atoms with Crippen molar-refractivity contribution in [1.82, 2.24) is 14.9 Å². The topological polar surface area (TPSA) is 66.9 Å². The monoisotopic (exact) mass is 303 g/mol. The quantitative estimate of drug-likeness (QED) is 0.830. The third kappa shape index (κ3) is 3.21. The first-order chi connectivity index (χ1) is 10.1. The summed E-state index contributed by atoms with van der Waals surface area (Å²) in [4.78, 5) is 27.2. The van der Waals surface area contributed by atoms with Gasteiger partial charge in [0, 0.05) is 19.5 Å². The van der Waals surface area contributed by atoms with Crippen LogP contribution in [0.15, 0.2) is 29.1 Å². The van der Waals surface area contributed by atoms with Crippen molar-refractivity contribution < 1.29 is 4.79 Å². The molecule has 0 spiro atoms. The van der Waals surface area contributed by atoms with Gasteiger partial charge in [0.2, 0.25) is 5.91 Å². The van der Waals surface area contributed by atoms with Crippen molar-refractivity contribution in [3.63, 3.8) is 0 Å². The highest BCUT2D eigenvalue weighted by molar-refractivity contribution is 7.71. The average molecular weight is 303 g/mol. The van der Waals surface area contributed by atoms with Gasteiger partial charge >= 0.3 is 0 Å². The van der Waals surface area contributed by atoms with Gasteiger partial charge in [0.25, 0.3) is 5.56 Å². The number of para-hydroxylation sites is 1. The molecule has 1 aromatic heterocycles. The molecule has 2 aromatic rings. The van der Waals surface area contributed by atoms with Crippen LogP contribution in [0.2, 0.25) is 0 Å². The number of amides is 1. The number of aromatic nitrogens is 2. The van der Waals surface area contributed by atoms with Crippen LogP contribution >= 0.6 is 12.2 Å². The molecule has 0 aliphatic heterocycles. The van der Waals surface area contributed by atoms with E-state index in [1.165, 1.54) is 17.4 Å². The molecule has 1 aromatic carbocycles. The van der Waals surface area contributed by atoms with Crippen molar-refractivity contribution >= 4 is 29.0 Å². The van der Waals surface area contributed by atoms with Crippen LogP contribution in [0.25, 0.3) is 10.9 Å². The number of rotatable bonds is 5. The Labute approximate surface area is 127 Å². The fourth-order valence-corrected chi connectivity index (χ4v) is 2.57. The van der Waals surface area contributed by atoms with E-state index < -0.39 is 0 Å². The maximum absolute atomic E-state index is 12.4. The molecule has 1 aliphatic rings. The van der Waals surface area contributed by atoms with E-state index in [1.807, 2.05) is 18.2 Å². The van der Waals surface area contributed by atoms with Crippen LogP contribution in [-0.4, -0.2) is 22.0 Å². The normalized spacial score (nSPS) is 14.3. The van der Waals surface area contributed by atoms with Gasteiger partial charge in [-0.05, 0) is 43.1 Å². The lowest BCUT2D eigenvalue weighted by Crippen LogP contribution is -2.29. The first kappa shape index (κ1) is 14.0. The van der Waals surface area contributed by atoms with Gasteiger partial charge in [0.1, 0.15) is 0 Å². The minimum absolute atomic E-state index is 0.0311. The zero-order valence-corrected chi connectivity index (χ0v) is 12.4. The minimum atomic E-state index is -0.149. The van der Waals surface area contributed by atoms with E-state index in [-0.39, 0.29) is 17.9 Å². The highest BCUT2D eigenvalue weighted by Crippen LogP contribution is 2.27. The number of hydrogen-bond acceptors (Lipinski definition) is 3. The zero-order valence-electron chi connectivity index (χ0n) is 11.6. The number of hydrogen-bond donors (Lipinski definition) is 2. The molecule has 0 bridgehead atoms. The van der Waals surface area contributed by atoms with Crippen LogP contribution in [0.4, 0.5) is 0 Å². The standard InChI is InChI=1S/C15H17N3O2S/c19-13(16-9-10-5-6-10)7-8-18-14(20)11-3-1-2-4-12(11)17-15(18)21/h1-4,10H,5-9H2,(H,16,19)(H,17,21). The Hall–Kier alpha value is -1.95. The van der Waals surface area contributed by atoms with E-state index in [4.69, 9.17) is 12.2 Å². The molecule has 5 nitrogen and oxygen atoms in total. The molecule has 3 rings (SSSR count). The number of carbonyl (C=O) groups excluding carboxylic acids is 1. The van der Waals surface area contributed by atoms with Gasteiger partial charge in [-0.3, -0.25) is 14.2 Å². The van der Waals surface area contributed by atoms with E-state index >= 15 is 0 Å². The SMILES string of the molecule is O=C(CCn1c(=S)[nH]c2ccccc2c1=O)NCC1CC1. The molecule has 0 saturated heterocycles. The number of nitrogens with zero attached hydrogens (tertiary/aromatic N) is 1. The van der Waals surface area contributed by atoms with Gasteiger partial charge < -0.3 is 10.3 Å². The van der Waals surface area contributed by atoms with Crippen LogP contribution in [0.5, 0.6) is 0 Å². The van der Waals surface area contributed by atoms with Gasteiger partial charge in [0.05, 0.1) is 10.9 Å². The Bertz CT molecular complexity index is 789. The number of benzene rings is 1. The number of aromatic amines is 1. The maximum Gasteiger partial charge on any atom is 0.262 e. The molecule has 1 amide bonds. The van der Waals surface area contributed by atoms with Crippen molar-refractivity contribution in [2.75, 3.05) is 6.54 Å². The molecule has 21 heavy (non-hydrogen) atoms. The summed E-state index contributed by atoms with van der Waals surface area (Å²) in [5.41, 5.74) is 0.575. The molecular formula is C15H17N3O2S. The van der Waals surface area contributed by atoms with E-state index in [9.17, 15) is 9.59 Å². The third-order valence-electron chi connectivity index (χ3n) is 3.74. The van der Waals surface area contributed by atoms with Crippen LogP contribution in [0, 0.1) is 10.7 Å². The van der Waals surface area contributed by atoms with E-state index in [1.54, 1.807) is 6.07 Å². The molecule has 0 unspecified atom stereocenters. The Morgan fingerprint density at radius 1 is 1.38 bits per heavy atom. The molecule has 6 heteroatoms. The predicted octanol–water partition coefficient (Wildman–Crippen LogP) is 1.98. The third-order valence-corrected chi connectivity index (χ3v) is 4.06. The summed E-state index contributed by atoms with van der Waals surface area (Å²) in [6, 6.07) is 7.24. The lowest BCUT2D eigenvalue weighted by Gasteiger charge is -2.08. The summed E-state index contributed by atoms with van der Waals surface area (Å²) in [5, 5.41) is 3.48. The van der Waals surface area contributed by atoms with Crippen LogP contribution < -0.4 is 10.9 Å². The molecule has 1 heterocycles. The van der Waals surface area contributed by atoms with Crippen molar-refractivity contribution in [3.05, 3.63) is 39.4 Å². The Kier molecular flexibility index (Phi) is 3.88. The Balaban J connectivity index is 1.75. The summed E-state index contributed by atoms with van der Waals surface area (Å²) >= 11 is 5.21. The lowest BCUT2D eigenvalue weighted by molar-refractivity contribution is -0.121. The van der Waals surface area contributed by atoms with Crippen molar-refractivity contribution in [2.24, 2.45) is 5.92 Å². The zero-order chi connectivity index (χ0) is 14.8. The van der Waals surface area contributed by atoms with Gasteiger partial charge in [-0.25, -0.2) is 0 Å². The number of H-pyrrole nitrogens is 1. The second kappa shape index (κ2) is 5.81. The summed E-state index contributed by atoms with van der Waals surface area (Å²) < 4.78 is 1.81. The lowest BCUT2D eigenvalue weighted by atomic mass is 10.2. The second-order valence-electron chi connectivity index (χ2n) is 5.43. The van der Waals surface area contributed by atoms with Crippen molar-refractivity contribution in [2.45, 2.75) is 25.8 Å². The van der Waals surface area contributed by atoms with Crippen molar-refractivity contribution in [3.8, 4) is 0 Å². The van der Waals surface area contributed by atoms with Gasteiger partial charge in [-0.2, -0.15) is 0 Å². The maximum atomic E-state index is 12.4. The molecule has 0 atom stereocenters. The Morgan fingerprint density at radius 2 is 2.14 bits per heavy atom. The first-order valence-electron chi connectivity index (χ1n) is 7.14. The number of nitrogens with one attached hydrogen (secondary N) is 2. The fraction of sp³-hybridized carbons (Fsp3) is 0.400. The van der Waals surface area contributed by atoms with Gasteiger partial charge in [-0.15, -0.1) is 0 Å². The summed E-state index contributed by atoms with van der Waals surface area (Å²) in [7, 11) is 0. The predicted molar refractivity (Wildman–Crippen MR) is 83.7 cm³/mol. The first-order valence-corrected chi connectivity index (χ1v) is 7.54.